The van der Waals surface area contributed by atoms with E-state index in [9.17, 15) is 23.5 Å². The maximum atomic E-state index is 13.8. The first kappa shape index (κ1) is 16.1. The zero-order valence-electron chi connectivity index (χ0n) is 12.0. The van der Waals surface area contributed by atoms with Crippen LogP contribution in [-0.2, 0) is 9.59 Å². The van der Waals surface area contributed by atoms with E-state index in [1.165, 1.54) is 0 Å². The summed E-state index contributed by atoms with van der Waals surface area (Å²) in [5.74, 6) is -5.90. The molecule has 0 aromatic carbocycles. The molecule has 2 saturated carbocycles. The van der Waals surface area contributed by atoms with E-state index in [4.69, 9.17) is 0 Å². The van der Waals surface area contributed by atoms with Crippen molar-refractivity contribution < 1.29 is 23.5 Å². The average Bonchev–Trinajstić information content (AvgIpc) is 2.43. The highest BCUT2D eigenvalue weighted by molar-refractivity contribution is 5.89. The van der Waals surface area contributed by atoms with Crippen molar-refractivity contribution in [2.24, 2.45) is 0 Å². The summed E-state index contributed by atoms with van der Waals surface area (Å²) in [6, 6.07) is 0.0690. The van der Waals surface area contributed by atoms with Gasteiger partial charge >= 0.3 is 5.92 Å². The van der Waals surface area contributed by atoms with Gasteiger partial charge < -0.3 is 15.7 Å². The topological polar surface area (TPSA) is 78.4 Å². The summed E-state index contributed by atoms with van der Waals surface area (Å²) >= 11 is 0. The molecule has 2 amide bonds. The number of hydrogen-bond acceptors (Lipinski definition) is 3. The van der Waals surface area contributed by atoms with Gasteiger partial charge in [0.1, 0.15) is 5.60 Å². The standard InChI is InChI=1S/C14H22F2N2O3/c15-14(16,13(21)7-4-8-13)12(20)17-9-11(19)18-10-5-2-1-3-6-10/h10,21H,1-9H2,(H,17,20)(H,18,19). The molecule has 0 bridgehead atoms. The minimum Gasteiger partial charge on any atom is -0.383 e. The Labute approximate surface area is 122 Å². The van der Waals surface area contributed by atoms with Gasteiger partial charge in [-0.3, -0.25) is 9.59 Å². The second-order valence-electron chi connectivity index (χ2n) is 6.04. The zero-order valence-corrected chi connectivity index (χ0v) is 12.0. The predicted octanol–water partition coefficient (Wildman–Crippen LogP) is 1.10. The van der Waals surface area contributed by atoms with Crippen molar-refractivity contribution >= 4 is 11.8 Å². The summed E-state index contributed by atoms with van der Waals surface area (Å²) in [6.45, 7) is -0.485. The summed E-state index contributed by atoms with van der Waals surface area (Å²) in [4.78, 5) is 23.1. The Hall–Kier alpha value is -1.24. The van der Waals surface area contributed by atoms with Crippen LogP contribution in [0.2, 0.25) is 0 Å². The Morgan fingerprint density at radius 2 is 1.76 bits per heavy atom. The largest absolute Gasteiger partial charge is 0.383 e. The van der Waals surface area contributed by atoms with Gasteiger partial charge in [0.2, 0.25) is 5.91 Å². The molecular weight excluding hydrogens is 282 g/mol. The molecule has 2 fully saturated rings. The van der Waals surface area contributed by atoms with E-state index >= 15 is 0 Å². The van der Waals surface area contributed by atoms with Crippen LogP contribution in [0, 0.1) is 0 Å². The van der Waals surface area contributed by atoms with E-state index in [2.05, 4.69) is 5.32 Å². The van der Waals surface area contributed by atoms with Crippen molar-refractivity contribution in [2.45, 2.75) is 68.9 Å². The first-order valence-corrected chi connectivity index (χ1v) is 7.53. The normalized spacial score (nSPS) is 22.2. The van der Waals surface area contributed by atoms with E-state index in [1.807, 2.05) is 5.32 Å². The van der Waals surface area contributed by atoms with E-state index in [0.29, 0.717) is 6.42 Å². The number of alkyl halides is 2. The third kappa shape index (κ3) is 3.51. The molecule has 120 valence electrons. The molecule has 0 aromatic rings. The van der Waals surface area contributed by atoms with Gasteiger partial charge in [-0.05, 0) is 32.1 Å². The maximum Gasteiger partial charge on any atom is 0.352 e. The third-order valence-electron chi connectivity index (χ3n) is 4.43. The lowest BCUT2D eigenvalue weighted by Gasteiger charge is -2.41. The fourth-order valence-corrected chi connectivity index (χ4v) is 2.83. The number of aliphatic hydroxyl groups is 1. The lowest BCUT2D eigenvalue weighted by molar-refractivity contribution is -0.215. The SMILES string of the molecule is O=C(CNC(=O)C(F)(F)C1(O)CCC1)NC1CCCCC1. The van der Waals surface area contributed by atoms with Crippen molar-refractivity contribution in [3.05, 3.63) is 0 Å². The van der Waals surface area contributed by atoms with Crippen LogP contribution in [0.25, 0.3) is 0 Å². The molecule has 0 aliphatic heterocycles. The van der Waals surface area contributed by atoms with E-state index in [0.717, 1.165) is 32.1 Å². The van der Waals surface area contributed by atoms with E-state index in [1.54, 1.807) is 0 Å². The van der Waals surface area contributed by atoms with Crippen LogP contribution < -0.4 is 10.6 Å². The van der Waals surface area contributed by atoms with Crippen LogP contribution in [0.3, 0.4) is 0 Å². The molecule has 2 aliphatic carbocycles. The van der Waals surface area contributed by atoms with Crippen LogP contribution in [0.15, 0.2) is 0 Å². The molecule has 0 saturated heterocycles. The fourth-order valence-electron chi connectivity index (χ4n) is 2.83. The van der Waals surface area contributed by atoms with Crippen LogP contribution in [0.1, 0.15) is 51.4 Å². The molecule has 0 aromatic heterocycles. The molecule has 0 radical (unpaired) electrons. The molecule has 0 heterocycles. The van der Waals surface area contributed by atoms with Gasteiger partial charge in [-0.2, -0.15) is 8.78 Å². The number of carbonyl (C=O) groups is 2. The molecule has 2 aliphatic rings. The lowest BCUT2D eigenvalue weighted by atomic mass is 9.75. The first-order chi connectivity index (χ1) is 9.85. The monoisotopic (exact) mass is 304 g/mol. The van der Waals surface area contributed by atoms with Gasteiger partial charge in [-0.15, -0.1) is 0 Å². The van der Waals surface area contributed by atoms with Gasteiger partial charge in [0.15, 0.2) is 0 Å². The quantitative estimate of drug-likeness (QED) is 0.712. The molecule has 7 heteroatoms. The molecule has 21 heavy (non-hydrogen) atoms. The summed E-state index contributed by atoms with van der Waals surface area (Å²) in [5, 5.41) is 14.3. The van der Waals surface area contributed by atoms with Crippen molar-refractivity contribution in [1.82, 2.24) is 10.6 Å². The van der Waals surface area contributed by atoms with Gasteiger partial charge in [0.05, 0.1) is 6.54 Å². The highest BCUT2D eigenvalue weighted by Crippen LogP contribution is 2.44. The second kappa shape index (κ2) is 6.25. The molecule has 0 atom stereocenters. The summed E-state index contributed by atoms with van der Waals surface area (Å²) in [5.41, 5.74) is -2.25. The van der Waals surface area contributed by atoms with Crippen LogP contribution in [-0.4, -0.2) is 41.0 Å². The van der Waals surface area contributed by atoms with Crippen LogP contribution >= 0.6 is 0 Å². The number of hydrogen-bond donors (Lipinski definition) is 3. The molecule has 0 spiro atoms. The van der Waals surface area contributed by atoms with Crippen molar-refractivity contribution in [3.63, 3.8) is 0 Å². The molecule has 3 N–H and O–H groups in total. The van der Waals surface area contributed by atoms with Gasteiger partial charge in [0, 0.05) is 6.04 Å². The molecule has 0 unspecified atom stereocenters. The van der Waals surface area contributed by atoms with Gasteiger partial charge in [-0.1, -0.05) is 19.3 Å². The minimum absolute atomic E-state index is 0.0690. The smallest absolute Gasteiger partial charge is 0.352 e. The van der Waals surface area contributed by atoms with Crippen molar-refractivity contribution in [3.8, 4) is 0 Å². The molecular formula is C14H22F2N2O3. The van der Waals surface area contributed by atoms with Crippen LogP contribution in [0.5, 0.6) is 0 Å². The minimum atomic E-state index is -3.85. The zero-order chi connectivity index (χ0) is 15.5. The maximum absolute atomic E-state index is 13.8. The number of rotatable bonds is 5. The Morgan fingerprint density at radius 1 is 1.14 bits per heavy atom. The summed E-state index contributed by atoms with van der Waals surface area (Å²) in [7, 11) is 0. The van der Waals surface area contributed by atoms with Gasteiger partial charge in [-0.25, -0.2) is 0 Å². The Morgan fingerprint density at radius 3 is 2.29 bits per heavy atom. The number of amides is 2. The number of nitrogens with one attached hydrogen (secondary N) is 2. The summed E-state index contributed by atoms with van der Waals surface area (Å²) in [6.07, 6.45) is 5.29. The summed E-state index contributed by atoms with van der Waals surface area (Å²) < 4.78 is 27.5. The Kier molecular flexibility index (Phi) is 4.81. The fraction of sp³-hybridized carbons (Fsp3) is 0.857. The van der Waals surface area contributed by atoms with E-state index < -0.39 is 29.9 Å². The number of halogens is 2. The second-order valence-corrected chi connectivity index (χ2v) is 6.04. The Balaban J connectivity index is 1.76. The van der Waals surface area contributed by atoms with Gasteiger partial charge in [0.25, 0.3) is 5.91 Å². The first-order valence-electron chi connectivity index (χ1n) is 7.53. The third-order valence-corrected chi connectivity index (χ3v) is 4.43. The van der Waals surface area contributed by atoms with Crippen molar-refractivity contribution in [1.29, 1.82) is 0 Å². The molecule has 5 nitrogen and oxygen atoms in total. The van der Waals surface area contributed by atoms with E-state index in [-0.39, 0.29) is 18.9 Å². The van der Waals surface area contributed by atoms with Crippen LogP contribution in [0.4, 0.5) is 8.78 Å². The predicted molar refractivity (Wildman–Crippen MR) is 71.8 cm³/mol. The highest BCUT2D eigenvalue weighted by Gasteiger charge is 2.61. The average molecular weight is 304 g/mol. The van der Waals surface area contributed by atoms with Crippen molar-refractivity contribution in [2.75, 3.05) is 6.54 Å². The highest BCUT2D eigenvalue weighted by atomic mass is 19.3. The molecule has 2 rings (SSSR count). The number of carbonyl (C=O) groups excluding carboxylic acids is 2. The lowest BCUT2D eigenvalue weighted by Crippen LogP contribution is -2.61. The Bertz CT molecular complexity index is 405.